The number of carbonyl (C=O) groups is 1. The van der Waals surface area contributed by atoms with Gasteiger partial charge in [-0.1, -0.05) is 23.7 Å². The number of morpholine rings is 1. The summed E-state index contributed by atoms with van der Waals surface area (Å²) in [4.78, 5) is 22.8. The van der Waals surface area contributed by atoms with Crippen molar-refractivity contribution in [3.05, 3.63) is 47.2 Å². The summed E-state index contributed by atoms with van der Waals surface area (Å²) in [5.74, 6) is 0.222. The summed E-state index contributed by atoms with van der Waals surface area (Å²) in [7, 11) is 0. The van der Waals surface area contributed by atoms with Gasteiger partial charge in [0.15, 0.2) is 0 Å². The first-order chi connectivity index (χ1) is 10.7. The highest BCUT2D eigenvalue weighted by Crippen LogP contribution is 2.21. The van der Waals surface area contributed by atoms with E-state index in [2.05, 4.69) is 15.3 Å². The highest BCUT2D eigenvalue weighted by atomic mass is 35.5. The van der Waals surface area contributed by atoms with Crippen LogP contribution in [0.3, 0.4) is 0 Å². The molecule has 0 bridgehead atoms. The van der Waals surface area contributed by atoms with Crippen molar-refractivity contribution in [3.8, 4) is 0 Å². The molecule has 0 spiro atoms. The number of hydrogen-bond acceptors (Lipinski definition) is 5. The zero-order valence-corrected chi connectivity index (χ0v) is 12.6. The molecule has 0 atom stereocenters. The lowest BCUT2D eigenvalue weighted by Gasteiger charge is -2.26. The first-order valence-electron chi connectivity index (χ1n) is 6.95. The minimum Gasteiger partial charge on any atom is -0.378 e. The molecule has 0 saturated carbocycles. The highest BCUT2D eigenvalue weighted by Gasteiger charge is 2.16. The van der Waals surface area contributed by atoms with Gasteiger partial charge in [-0.25, -0.2) is 9.97 Å². The number of para-hydroxylation sites is 1. The van der Waals surface area contributed by atoms with Gasteiger partial charge in [-0.15, -0.1) is 0 Å². The average Bonchev–Trinajstić information content (AvgIpc) is 2.58. The van der Waals surface area contributed by atoms with Crippen molar-refractivity contribution in [2.45, 2.75) is 0 Å². The number of ether oxygens (including phenoxy) is 1. The number of carbonyl (C=O) groups excluding carboxylic acids is 1. The number of halogens is 1. The van der Waals surface area contributed by atoms with Gasteiger partial charge in [0, 0.05) is 19.3 Å². The van der Waals surface area contributed by atoms with E-state index in [1.165, 1.54) is 0 Å². The van der Waals surface area contributed by atoms with E-state index >= 15 is 0 Å². The Morgan fingerprint density at radius 2 is 2.00 bits per heavy atom. The van der Waals surface area contributed by atoms with E-state index in [9.17, 15) is 4.79 Å². The van der Waals surface area contributed by atoms with E-state index < -0.39 is 0 Å². The largest absolute Gasteiger partial charge is 0.378 e. The second-order valence-electron chi connectivity index (χ2n) is 4.78. The SMILES string of the molecule is O=C(Nc1ccccc1Cl)c1ccnc(N2CCOCC2)n1. The topological polar surface area (TPSA) is 67.4 Å². The molecule has 2 aromatic rings. The van der Waals surface area contributed by atoms with Crippen molar-refractivity contribution in [3.63, 3.8) is 0 Å². The Morgan fingerprint density at radius 3 is 2.77 bits per heavy atom. The molecule has 1 saturated heterocycles. The Kier molecular flexibility index (Phi) is 4.50. The van der Waals surface area contributed by atoms with Crippen LogP contribution in [-0.2, 0) is 4.74 Å². The predicted octanol–water partition coefficient (Wildman–Crippen LogP) is 2.22. The Morgan fingerprint density at radius 1 is 1.23 bits per heavy atom. The van der Waals surface area contributed by atoms with Crippen LogP contribution in [-0.4, -0.2) is 42.2 Å². The van der Waals surface area contributed by atoms with Gasteiger partial charge in [-0.2, -0.15) is 0 Å². The zero-order valence-electron chi connectivity index (χ0n) is 11.8. The minimum atomic E-state index is -0.315. The molecule has 3 rings (SSSR count). The molecular weight excluding hydrogens is 304 g/mol. The number of nitrogens with zero attached hydrogens (tertiary/aromatic N) is 3. The molecule has 0 aliphatic carbocycles. The summed E-state index contributed by atoms with van der Waals surface area (Å²) in [5, 5.41) is 3.24. The summed E-state index contributed by atoms with van der Waals surface area (Å²) in [5.41, 5.74) is 0.858. The molecule has 1 aliphatic heterocycles. The van der Waals surface area contributed by atoms with Crippen LogP contribution < -0.4 is 10.2 Å². The minimum absolute atomic E-state index is 0.302. The second-order valence-corrected chi connectivity index (χ2v) is 5.18. The van der Waals surface area contributed by atoms with Crippen molar-refractivity contribution in [2.75, 3.05) is 36.5 Å². The summed E-state index contributed by atoms with van der Waals surface area (Å²) in [6.45, 7) is 2.71. The van der Waals surface area contributed by atoms with Crippen LogP contribution in [0.4, 0.5) is 11.6 Å². The van der Waals surface area contributed by atoms with Crippen LogP contribution in [0.25, 0.3) is 0 Å². The average molecular weight is 319 g/mol. The normalized spacial score (nSPS) is 14.7. The Bertz CT molecular complexity index is 674. The van der Waals surface area contributed by atoms with Crippen molar-refractivity contribution in [2.24, 2.45) is 0 Å². The van der Waals surface area contributed by atoms with Gasteiger partial charge in [0.2, 0.25) is 5.95 Å². The first-order valence-corrected chi connectivity index (χ1v) is 7.33. The van der Waals surface area contributed by atoms with Crippen LogP contribution >= 0.6 is 11.6 Å². The van der Waals surface area contributed by atoms with Crippen molar-refractivity contribution < 1.29 is 9.53 Å². The van der Waals surface area contributed by atoms with Gasteiger partial charge in [0.05, 0.1) is 23.9 Å². The molecule has 0 unspecified atom stereocenters. The molecule has 22 heavy (non-hydrogen) atoms. The molecule has 1 aromatic carbocycles. The van der Waals surface area contributed by atoms with Gasteiger partial charge in [-0.3, -0.25) is 4.79 Å². The third-order valence-corrected chi connectivity index (χ3v) is 3.62. The maximum atomic E-state index is 12.3. The Balaban J connectivity index is 1.76. The number of benzene rings is 1. The van der Waals surface area contributed by atoms with Crippen LogP contribution in [0.2, 0.25) is 5.02 Å². The quantitative estimate of drug-likeness (QED) is 0.940. The molecule has 114 valence electrons. The molecule has 1 aromatic heterocycles. The van der Waals surface area contributed by atoms with E-state index in [1.807, 2.05) is 4.90 Å². The number of anilines is 2. The maximum absolute atomic E-state index is 12.3. The van der Waals surface area contributed by atoms with Crippen molar-refractivity contribution >= 4 is 29.1 Å². The molecule has 1 amide bonds. The molecule has 0 radical (unpaired) electrons. The van der Waals surface area contributed by atoms with E-state index in [4.69, 9.17) is 16.3 Å². The highest BCUT2D eigenvalue weighted by molar-refractivity contribution is 6.33. The number of hydrogen-bond donors (Lipinski definition) is 1. The molecule has 1 aliphatic rings. The monoisotopic (exact) mass is 318 g/mol. The van der Waals surface area contributed by atoms with Gasteiger partial charge in [0.25, 0.3) is 5.91 Å². The number of amides is 1. The van der Waals surface area contributed by atoms with E-state index in [-0.39, 0.29) is 5.91 Å². The Hall–Kier alpha value is -2.18. The number of rotatable bonds is 3. The van der Waals surface area contributed by atoms with Crippen LogP contribution in [0.5, 0.6) is 0 Å². The summed E-state index contributed by atoms with van der Waals surface area (Å²) in [6.07, 6.45) is 1.58. The van der Waals surface area contributed by atoms with Crippen LogP contribution in [0, 0.1) is 0 Å². The third kappa shape index (κ3) is 3.35. The smallest absolute Gasteiger partial charge is 0.274 e. The molecular formula is C15H15ClN4O2. The molecule has 1 N–H and O–H groups in total. The van der Waals surface area contributed by atoms with Gasteiger partial charge in [0.1, 0.15) is 5.69 Å². The van der Waals surface area contributed by atoms with Gasteiger partial charge in [-0.05, 0) is 18.2 Å². The summed E-state index contributed by atoms with van der Waals surface area (Å²) in [6, 6.07) is 8.65. The number of nitrogens with one attached hydrogen (secondary N) is 1. The number of aromatic nitrogens is 2. The summed E-state index contributed by atoms with van der Waals surface area (Å²) >= 11 is 6.04. The second kappa shape index (κ2) is 6.72. The van der Waals surface area contributed by atoms with E-state index in [1.54, 1.807) is 36.5 Å². The van der Waals surface area contributed by atoms with E-state index in [0.717, 1.165) is 13.1 Å². The lowest BCUT2D eigenvalue weighted by Crippen LogP contribution is -2.37. The fraction of sp³-hybridized carbons (Fsp3) is 0.267. The fourth-order valence-electron chi connectivity index (χ4n) is 2.14. The van der Waals surface area contributed by atoms with Gasteiger partial charge < -0.3 is 15.0 Å². The fourth-order valence-corrected chi connectivity index (χ4v) is 2.32. The lowest BCUT2D eigenvalue weighted by atomic mass is 10.3. The third-order valence-electron chi connectivity index (χ3n) is 3.29. The van der Waals surface area contributed by atoms with Crippen molar-refractivity contribution in [1.82, 2.24) is 9.97 Å². The van der Waals surface area contributed by atoms with Crippen LogP contribution in [0.15, 0.2) is 36.5 Å². The Labute approximate surface area is 133 Å². The van der Waals surface area contributed by atoms with Gasteiger partial charge >= 0.3 is 0 Å². The maximum Gasteiger partial charge on any atom is 0.274 e. The standard InChI is InChI=1S/C15H15ClN4O2/c16-11-3-1-2-4-12(11)18-14(21)13-5-6-17-15(19-13)20-7-9-22-10-8-20/h1-6H,7-10H2,(H,18,21). The zero-order chi connectivity index (χ0) is 15.4. The predicted molar refractivity (Wildman–Crippen MR) is 84.5 cm³/mol. The molecule has 7 heteroatoms. The van der Waals surface area contributed by atoms with Crippen molar-refractivity contribution in [1.29, 1.82) is 0 Å². The summed E-state index contributed by atoms with van der Waals surface area (Å²) < 4.78 is 5.30. The lowest BCUT2D eigenvalue weighted by molar-refractivity contribution is 0.102. The first kappa shape index (κ1) is 14.7. The molecule has 2 heterocycles. The molecule has 1 fully saturated rings. The van der Waals surface area contributed by atoms with Crippen LogP contribution in [0.1, 0.15) is 10.5 Å². The van der Waals surface area contributed by atoms with E-state index in [0.29, 0.717) is 35.6 Å². The molecule has 6 nitrogen and oxygen atoms in total.